The number of piperazine rings is 1. The van der Waals surface area contributed by atoms with Gasteiger partial charge in [0.1, 0.15) is 12.4 Å². The van der Waals surface area contributed by atoms with Crippen molar-refractivity contribution in [1.82, 2.24) is 9.88 Å². The number of rotatable bonds is 2. The number of amides is 2. The van der Waals surface area contributed by atoms with Gasteiger partial charge in [0.2, 0.25) is 5.91 Å². The molecule has 3 rings (SSSR count). The summed E-state index contributed by atoms with van der Waals surface area (Å²) in [5.74, 6) is 0.428. The van der Waals surface area contributed by atoms with Crippen molar-refractivity contribution in [3.8, 4) is 0 Å². The topological polar surface area (TPSA) is 53.5 Å². The molecular formula is C14H12BrN3O2S. The highest BCUT2D eigenvalue weighted by Crippen LogP contribution is 2.22. The van der Waals surface area contributed by atoms with Gasteiger partial charge in [0.15, 0.2) is 0 Å². The smallest absolute Gasteiger partial charge is 0.264 e. The molecule has 7 heteroatoms. The summed E-state index contributed by atoms with van der Waals surface area (Å²) in [6.07, 6.45) is 1.66. The predicted molar refractivity (Wildman–Crippen MR) is 84.5 cm³/mol. The Balaban J connectivity index is 1.71. The molecule has 108 valence electrons. The van der Waals surface area contributed by atoms with Gasteiger partial charge >= 0.3 is 0 Å². The third-order valence-corrected chi connectivity index (χ3v) is 4.89. The molecule has 3 heterocycles. The van der Waals surface area contributed by atoms with E-state index in [1.54, 1.807) is 28.1 Å². The molecular weight excluding hydrogens is 354 g/mol. The van der Waals surface area contributed by atoms with Gasteiger partial charge in [0.25, 0.3) is 5.91 Å². The van der Waals surface area contributed by atoms with E-state index in [4.69, 9.17) is 0 Å². The molecule has 0 spiro atoms. The zero-order valence-electron chi connectivity index (χ0n) is 11.0. The van der Waals surface area contributed by atoms with E-state index >= 15 is 0 Å². The molecule has 0 aromatic carbocycles. The number of halogens is 1. The van der Waals surface area contributed by atoms with Gasteiger partial charge in [0, 0.05) is 29.1 Å². The van der Waals surface area contributed by atoms with Crippen molar-refractivity contribution in [2.45, 2.75) is 0 Å². The summed E-state index contributed by atoms with van der Waals surface area (Å²) in [7, 11) is 0. The Morgan fingerprint density at radius 1 is 1.33 bits per heavy atom. The van der Waals surface area contributed by atoms with E-state index < -0.39 is 0 Å². The van der Waals surface area contributed by atoms with E-state index in [1.165, 1.54) is 11.3 Å². The van der Waals surface area contributed by atoms with Crippen molar-refractivity contribution >= 4 is 44.9 Å². The second-order valence-electron chi connectivity index (χ2n) is 4.59. The Bertz CT molecular complexity index is 674. The molecule has 0 radical (unpaired) electrons. The minimum Gasteiger partial charge on any atom is -0.327 e. The fourth-order valence-electron chi connectivity index (χ4n) is 2.18. The van der Waals surface area contributed by atoms with Crippen LogP contribution in [0.4, 0.5) is 5.82 Å². The average molecular weight is 366 g/mol. The maximum Gasteiger partial charge on any atom is 0.264 e. The molecule has 0 unspecified atom stereocenters. The van der Waals surface area contributed by atoms with Crippen LogP contribution >= 0.6 is 27.3 Å². The van der Waals surface area contributed by atoms with Crippen LogP contribution in [-0.2, 0) is 4.79 Å². The molecule has 1 saturated heterocycles. The van der Waals surface area contributed by atoms with E-state index in [0.717, 1.165) is 4.47 Å². The minimum atomic E-state index is -0.107. The van der Waals surface area contributed by atoms with Crippen LogP contribution in [0, 0.1) is 0 Å². The quantitative estimate of drug-likeness (QED) is 0.820. The highest BCUT2D eigenvalue weighted by molar-refractivity contribution is 9.10. The Morgan fingerprint density at radius 2 is 2.19 bits per heavy atom. The molecule has 1 aliphatic heterocycles. The Labute approximate surface area is 134 Å². The predicted octanol–water partition coefficient (Wildman–Crippen LogP) is 2.39. The first-order chi connectivity index (χ1) is 10.1. The third kappa shape index (κ3) is 2.98. The van der Waals surface area contributed by atoms with Gasteiger partial charge < -0.3 is 4.90 Å². The number of hydrogen-bond acceptors (Lipinski definition) is 4. The summed E-state index contributed by atoms with van der Waals surface area (Å²) in [5.41, 5.74) is 0. The number of nitrogens with zero attached hydrogens (tertiary/aromatic N) is 3. The first-order valence-corrected chi connectivity index (χ1v) is 8.07. The van der Waals surface area contributed by atoms with Gasteiger partial charge in [-0.1, -0.05) is 6.07 Å². The van der Waals surface area contributed by atoms with Gasteiger partial charge in [0.05, 0.1) is 4.88 Å². The first kappa shape index (κ1) is 14.2. The molecule has 0 atom stereocenters. The van der Waals surface area contributed by atoms with Gasteiger partial charge in [-0.05, 0) is 34.1 Å². The SMILES string of the molecule is O=C(c1cc(Br)cs1)N1CCN(c2ccccn2)C(=O)C1. The molecule has 1 aliphatic rings. The van der Waals surface area contributed by atoms with Gasteiger partial charge in [-0.25, -0.2) is 4.98 Å². The lowest BCUT2D eigenvalue weighted by Gasteiger charge is -2.33. The summed E-state index contributed by atoms with van der Waals surface area (Å²) in [6.45, 7) is 1.07. The second-order valence-corrected chi connectivity index (χ2v) is 6.42. The molecule has 21 heavy (non-hydrogen) atoms. The molecule has 1 fully saturated rings. The summed E-state index contributed by atoms with van der Waals surface area (Å²) >= 11 is 4.71. The lowest BCUT2D eigenvalue weighted by Crippen LogP contribution is -2.52. The minimum absolute atomic E-state index is 0.0882. The maximum atomic E-state index is 12.3. The van der Waals surface area contributed by atoms with Crippen LogP contribution in [0.3, 0.4) is 0 Å². The highest BCUT2D eigenvalue weighted by Gasteiger charge is 2.29. The van der Waals surface area contributed by atoms with Gasteiger partial charge in [-0.3, -0.25) is 14.5 Å². The van der Waals surface area contributed by atoms with Crippen molar-refractivity contribution in [2.24, 2.45) is 0 Å². The third-order valence-electron chi connectivity index (χ3n) is 3.21. The monoisotopic (exact) mass is 365 g/mol. The Hall–Kier alpha value is -1.73. The number of carbonyl (C=O) groups excluding carboxylic acids is 2. The lowest BCUT2D eigenvalue weighted by atomic mass is 10.2. The Morgan fingerprint density at radius 3 is 2.81 bits per heavy atom. The van der Waals surface area contributed by atoms with Crippen LogP contribution in [0.15, 0.2) is 40.3 Å². The highest BCUT2D eigenvalue weighted by atomic mass is 79.9. The average Bonchev–Trinajstić information content (AvgIpc) is 2.94. The molecule has 2 amide bonds. The van der Waals surface area contributed by atoms with Crippen LogP contribution in [0.5, 0.6) is 0 Å². The molecule has 0 N–H and O–H groups in total. The summed E-state index contributed by atoms with van der Waals surface area (Å²) in [6, 6.07) is 7.23. The van der Waals surface area contributed by atoms with Gasteiger partial charge in [-0.15, -0.1) is 11.3 Å². The van der Waals surface area contributed by atoms with E-state index in [-0.39, 0.29) is 18.4 Å². The lowest BCUT2D eigenvalue weighted by molar-refractivity contribution is -0.120. The molecule has 0 saturated carbocycles. The van der Waals surface area contributed by atoms with Crippen molar-refractivity contribution in [2.75, 3.05) is 24.5 Å². The van der Waals surface area contributed by atoms with Crippen LogP contribution in [0.25, 0.3) is 0 Å². The van der Waals surface area contributed by atoms with Crippen LogP contribution in [0.2, 0.25) is 0 Å². The molecule has 2 aromatic rings. The standard InChI is InChI=1S/C14H12BrN3O2S/c15-10-7-11(21-9-10)14(20)17-5-6-18(13(19)8-17)12-3-1-2-4-16-12/h1-4,7,9H,5-6,8H2. The van der Waals surface area contributed by atoms with Crippen molar-refractivity contribution in [3.63, 3.8) is 0 Å². The fraction of sp³-hybridized carbons (Fsp3) is 0.214. The largest absolute Gasteiger partial charge is 0.327 e. The number of carbonyl (C=O) groups is 2. The first-order valence-electron chi connectivity index (χ1n) is 6.40. The number of anilines is 1. The van der Waals surface area contributed by atoms with Crippen LogP contribution < -0.4 is 4.90 Å². The fourth-order valence-corrected chi connectivity index (χ4v) is 3.58. The van der Waals surface area contributed by atoms with E-state index in [2.05, 4.69) is 20.9 Å². The normalized spacial score (nSPS) is 15.4. The number of thiophene rings is 1. The zero-order valence-corrected chi connectivity index (χ0v) is 13.4. The van der Waals surface area contributed by atoms with E-state index in [0.29, 0.717) is 23.8 Å². The molecule has 2 aromatic heterocycles. The Kier molecular flexibility index (Phi) is 4.03. The number of hydrogen-bond donors (Lipinski definition) is 0. The summed E-state index contributed by atoms with van der Waals surface area (Å²) in [5, 5.41) is 1.86. The van der Waals surface area contributed by atoms with Crippen molar-refractivity contribution < 1.29 is 9.59 Å². The van der Waals surface area contributed by atoms with Gasteiger partial charge in [-0.2, -0.15) is 0 Å². The second kappa shape index (κ2) is 5.95. The molecule has 0 aliphatic carbocycles. The molecule has 0 bridgehead atoms. The van der Waals surface area contributed by atoms with Crippen LogP contribution in [-0.4, -0.2) is 41.3 Å². The van der Waals surface area contributed by atoms with Crippen LogP contribution in [0.1, 0.15) is 9.67 Å². The summed E-state index contributed by atoms with van der Waals surface area (Å²) in [4.78, 5) is 32.6. The number of pyridine rings is 1. The zero-order chi connectivity index (χ0) is 14.8. The van der Waals surface area contributed by atoms with Crippen molar-refractivity contribution in [3.05, 3.63) is 45.2 Å². The van der Waals surface area contributed by atoms with E-state index in [9.17, 15) is 9.59 Å². The molecule has 5 nitrogen and oxygen atoms in total. The van der Waals surface area contributed by atoms with E-state index in [1.807, 2.05) is 17.5 Å². The van der Waals surface area contributed by atoms with Crippen molar-refractivity contribution in [1.29, 1.82) is 0 Å². The maximum absolute atomic E-state index is 12.3. The summed E-state index contributed by atoms with van der Waals surface area (Å²) < 4.78 is 0.884. The number of aromatic nitrogens is 1.